The lowest BCUT2D eigenvalue weighted by atomic mass is 9.67. The third kappa shape index (κ3) is 1.94. The monoisotopic (exact) mass is 228 g/mol. The summed E-state index contributed by atoms with van der Waals surface area (Å²) in [5.74, 6) is 2.16. The van der Waals surface area contributed by atoms with Gasteiger partial charge >= 0.3 is 0 Å². The van der Waals surface area contributed by atoms with Gasteiger partial charge in [0.15, 0.2) is 0 Å². The van der Waals surface area contributed by atoms with Gasteiger partial charge in [0.1, 0.15) is 0 Å². The molecule has 2 fully saturated rings. The second-order valence-electron chi connectivity index (χ2n) is 5.45. The van der Waals surface area contributed by atoms with Crippen molar-refractivity contribution in [2.24, 2.45) is 11.7 Å². The largest absolute Gasteiger partial charge is 0.329 e. The summed E-state index contributed by atoms with van der Waals surface area (Å²) in [6.07, 6.45) is 2.62. The van der Waals surface area contributed by atoms with E-state index in [0.29, 0.717) is 11.6 Å². The van der Waals surface area contributed by atoms with Crippen molar-refractivity contribution in [3.05, 3.63) is 0 Å². The molecule has 1 aliphatic heterocycles. The van der Waals surface area contributed by atoms with Gasteiger partial charge in [0.2, 0.25) is 0 Å². The molecule has 0 amide bonds. The molecular formula is C12H24N2S. The zero-order chi connectivity index (χ0) is 11.1. The summed E-state index contributed by atoms with van der Waals surface area (Å²) in [6.45, 7) is 9.16. The third-order valence-corrected chi connectivity index (χ3v) is 5.67. The molecule has 2 rings (SSSR count). The van der Waals surface area contributed by atoms with Crippen LogP contribution in [0.15, 0.2) is 0 Å². The molecule has 2 aliphatic rings. The van der Waals surface area contributed by atoms with Crippen molar-refractivity contribution in [3.63, 3.8) is 0 Å². The van der Waals surface area contributed by atoms with Gasteiger partial charge in [0.25, 0.3) is 0 Å². The number of hydrogen-bond donors (Lipinski definition) is 1. The van der Waals surface area contributed by atoms with Gasteiger partial charge in [0.05, 0.1) is 0 Å². The van der Waals surface area contributed by atoms with Crippen molar-refractivity contribution in [1.82, 2.24) is 4.90 Å². The Bertz CT molecular complexity index is 226. The second kappa shape index (κ2) is 4.27. The van der Waals surface area contributed by atoms with Crippen LogP contribution in [-0.2, 0) is 0 Å². The van der Waals surface area contributed by atoms with E-state index in [2.05, 4.69) is 37.4 Å². The normalized spacial score (nSPS) is 47.6. The first kappa shape index (κ1) is 11.7. The number of rotatable bonds is 2. The number of nitrogens with two attached hydrogens (primary N) is 1. The molecule has 0 aromatic carbocycles. The highest BCUT2D eigenvalue weighted by Crippen LogP contribution is 2.44. The average molecular weight is 228 g/mol. The van der Waals surface area contributed by atoms with Gasteiger partial charge in [-0.3, -0.25) is 4.90 Å². The van der Waals surface area contributed by atoms with Crippen LogP contribution in [0.5, 0.6) is 0 Å². The topological polar surface area (TPSA) is 29.3 Å². The Morgan fingerprint density at radius 2 is 2.00 bits per heavy atom. The first-order valence-corrected chi connectivity index (χ1v) is 7.22. The Hall–Kier alpha value is 0.270. The summed E-state index contributed by atoms with van der Waals surface area (Å²) >= 11 is 2.11. The van der Waals surface area contributed by atoms with Crippen molar-refractivity contribution in [3.8, 4) is 0 Å². The minimum absolute atomic E-state index is 0.355. The van der Waals surface area contributed by atoms with Crippen LogP contribution in [0.4, 0.5) is 0 Å². The van der Waals surface area contributed by atoms with Crippen LogP contribution in [0.2, 0.25) is 0 Å². The lowest BCUT2D eigenvalue weighted by molar-refractivity contribution is -0.0347. The van der Waals surface area contributed by atoms with E-state index in [9.17, 15) is 0 Å². The molecule has 1 saturated carbocycles. The van der Waals surface area contributed by atoms with Crippen LogP contribution >= 0.6 is 11.8 Å². The molecule has 0 bridgehead atoms. The van der Waals surface area contributed by atoms with E-state index in [1.807, 2.05) is 0 Å². The van der Waals surface area contributed by atoms with Crippen molar-refractivity contribution in [2.45, 2.75) is 50.4 Å². The highest BCUT2D eigenvalue weighted by atomic mass is 32.2. The van der Waals surface area contributed by atoms with Gasteiger partial charge in [-0.1, -0.05) is 13.8 Å². The Labute approximate surface area is 98.0 Å². The number of hydrogen-bond acceptors (Lipinski definition) is 3. The summed E-state index contributed by atoms with van der Waals surface area (Å²) in [5.41, 5.74) is 6.38. The Kier molecular flexibility index (Phi) is 3.34. The Morgan fingerprint density at radius 3 is 2.53 bits per heavy atom. The number of nitrogens with zero attached hydrogens (tertiary/aromatic N) is 1. The van der Waals surface area contributed by atoms with E-state index in [-0.39, 0.29) is 0 Å². The van der Waals surface area contributed by atoms with Crippen LogP contribution in [-0.4, -0.2) is 40.6 Å². The maximum Gasteiger partial charge on any atom is 0.0340 e. The molecule has 88 valence electrons. The first-order valence-electron chi connectivity index (χ1n) is 6.17. The Balaban J connectivity index is 2.07. The third-order valence-electron chi connectivity index (χ3n) is 4.33. The van der Waals surface area contributed by atoms with Gasteiger partial charge in [0, 0.05) is 35.7 Å². The average Bonchev–Trinajstić information content (AvgIpc) is 2.17. The molecule has 15 heavy (non-hydrogen) atoms. The van der Waals surface area contributed by atoms with Crippen LogP contribution in [0, 0.1) is 5.92 Å². The van der Waals surface area contributed by atoms with Crippen LogP contribution in [0.3, 0.4) is 0 Å². The van der Waals surface area contributed by atoms with Gasteiger partial charge in [-0.15, -0.1) is 0 Å². The SMILES string of the molecule is CC1CC(CN)(N2CCSC(C)C2C)C1. The van der Waals surface area contributed by atoms with Crippen LogP contribution < -0.4 is 5.73 Å². The van der Waals surface area contributed by atoms with Crippen molar-refractivity contribution < 1.29 is 0 Å². The number of thioether (sulfide) groups is 1. The minimum Gasteiger partial charge on any atom is -0.329 e. The van der Waals surface area contributed by atoms with E-state index in [4.69, 9.17) is 5.73 Å². The van der Waals surface area contributed by atoms with Gasteiger partial charge < -0.3 is 5.73 Å². The predicted octanol–water partition coefficient (Wildman–Crippen LogP) is 1.94. The molecule has 0 aromatic heterocycles. The van der Waals surface area contributed by atoms with Crippen molar-refractivity contribution in [2.75, 3.05) is 18.8 Å². The molecule has 0 aromatic rings. The highest BCUT2D eigenvalue weighted by molar-refractivity contribution is 8.00. The van der Waals surface area contributed by atoms with Gasteiger partial charge in [-0.2, -0.15) is 11.8 Å². The van der Waals surface area contributed by atoms with Crippen LogP contribution in [0.25, 0.3) is 0 Å². The first-order chi connectivity index (χ1) is 7.09. The molecule has 2 unspecified atom stereocenters. The molecule has 1 saturated heterocycles. The molecule has 1 heterocycles. The zero-order valence-electron chi connectivity index (χ0n) is 10.2. The maximum absolute atomic E-state index is 6.02. The molecule has 0 radical (unpaired) electrons. The highest BCUT2D eigenvalue weighted by Gasteiger charge is 2.48. The van der Waals surface area contributed by atoms with E-state index >= 15 is 0 Å². The minimum atomic E-state index is 0.355. The smallest absolute Gasteiger partial charge is 0.0340 e. The van der Waals surface area contributed by atoms with Crippen molar-refractivity contribution >= 4 is 11.8 Å². The molecular weight excluding hydrogens is 204 g/mol. The molecule has 3 heteroatoms. The second-order valence-corrected chi connectivity index (χ2v) is 6.94. The summed E-state index contributed by atoms with van der Waals surface area (Å²) < 4.78 is 0. The molecule has 2 N–H and O–H groups in total. The van der Waals surface area contributed by atoms with E-state index in [1.54, 1.807) is 0 Å². The fourth-order valence-corrected chi connectivity index (χ4v) is 4.46. The Morgan fingerprint density at radius 1 is 1.33 bits per heavy atom. The summed E-state index contributed by atoms with van der Waals surface area (Å²) in [4.78, 5) is 2.70. The van der Waals surface area contributed by atoms with Gasteiger partial charge in [-0.05, 0) is 25.7 Å². The summed E-state index contributed by atoms with van der Waals surface area (Å²) in [5, 5.41) is 0.762. The standard InChI is InChI=1S/C12H24N2S/c1-9-6-12(7-9,8-13)14-4-5-15-11(3)10(14)2/h9-11H,4-8,13H2,1-3H3. The summed E-state index contributed by atoms with van der Waals surface area (Å²) in [7, 11) is 0. The maximum atomic E-state index is 6.02. The predicted molar refractivity (Wildman–Crippen MR) is 68.3 cm³/mol. The van der Waals surface area contributed by atoms with E-state index < -0.39 is 0 Å². The van der Waals surface area contributed by atoms with E-state index in [0.717, 1.165) is 17.7 Å². The molecule has 1 aliphatic carbocycles. The van der Waals surface area contributed by atoms with E-state index in [1.165, 1.54) is 25.1 Å². The van der Waals surface area contributed by atoms with Crippen LogP contribution in [0.1, 0.15) is 33.6 Å². The fraction of sp³-hybridized carbons (Fsp3) is 1.00. The molecule has 2 nitrogen and oxygen atoms in total. The molecule has 2 atom stereocenters. The lowest BCUT2D eigenvalue weighted by Gasteiger charge is -2.57. The molecule has 0 spiro atoms. The quantitative estimate of drug-likeness (QED) is 0.783. The van der Waals surface area contributed by atoms with Gasteiger partial charge in [-0.25, -0.2) is 0 Å². The summed E-state index contributed by atoms with van der Waals surface area (Å²) in [6, 6.07) is 0.694. The zero-order valence-corrected chi connectivity index (χ0v) is 11.0. The fourth-order valence-electron chi connectivity index (χ4n) is 3.36. The van der Waals surface area contributed by atoms with Crippen molar-refractivity contribution in [1.29, 1.82) is 0 Å². The lowest BCUT2D eigenvalue weighted by Crippen LogP contribution is -2.66.